The van der Waals surface area contributed by atoms with Gasteiger partial charge in [-0.2, -0.15) is 0 Å². The highest BCUT2D eigenvalue weighted by molar-refractivity contribution is 7.17. The number of nitrogens with zero attached hydrogens (tertiary/aromatic N) is 1. The number of quaternary nitrogens is 1. The van der Waals surface area contributed by atoms with Crippen molar-refractivity contribution < 1.29 is 14.0 Å². The predicted octanol–water partition coefficient (Wildman–Crippen LogP) is 1.21. The van der Waals surface area contributed by atoms with Gasteiger partial charge >= 0.3 is 0 Å². The Balaban J connectivity index is 1.70. The summed E-state index contributed by atoms with van der Waals surface area (Å²) in [5.74, 6) is 0.415. The molecule has 1 aliphatic rings. The minimum Gasteiger partial charge on any atom is -0.370 e. The summed E-state index contributed by atoms with van der Waals surface area (Å²) in [6.45, 7) is 4.03. The van der Waals surface area contributed by atoms with Gasteiger partial charge in [0.15, 0.2) is 5.82 Å². The molecule has 0 bridgehead atoms. The van der Waals surface area contributed by atoms with Crippen LogP contribution in [0.5, 0.6) is 0 Å². The maximum Gasteiger partial charge on any atom is 0.260 e. The number of rotatable bonds is 3. The molecule has 0 aliphatic carbocycles. The molecule has 0 radical (unpaired) electrons. The number of hydrogen-bond donors (Lipinski definition) is 2. The van der Waals surface area contributed by atoms with Crippen LogP contribution in [0.4, 0.5) is 4.39 Å². The maximum absolute atomic E-state index is 13.1. The van der Waals surface area contributed by atoms with Crippen molar-refractivity contribution in [3.8, 4) is 11.1 Å². The van der Waals surface area contributed by atoms with Crippen LogP contribution in [0, 0.1) is 5.82 Å². The van der Waals surface area contributed by atoms with Crippen LogP contribution in [0.2, 0.25) is 0 Å². The van der Waals surface area contributed by atoms with E-state index in [9.17, 15) is 9.18 Å². The Hall–Kier alpha value is -2.09. The van der Waals surface area contributed by atoms with Crippen molar-refractivity contribution in [2.24, 2.45) is 0 Å². The molecule has 0 unspecified atom stereocenters. The minimum absolute atomic E-state index is 0.136. The summed E-state index contributed by atoms with van der Waals surface area (Å²) in [7, 11) is 0. The lowest BCUT2D eigenvalue weighted by Gasteiger charge is -2.23. The Morgan fingerprint density at radius 2 is 2.00 bits per heavy atom. The second-order valence-corrected chi connectivity index (χ2v) is 6.75. The summed E-state index contributed by atoms with van der Waals surface area (Å²) in [5.41, 5.74) is 1.48. The summed E-state index contributed by atoms with van der Waals surface area (Å²) in [5, 5.41) is 2.48. The normalized spacial score (nSPS) is 15.9. The molecule has 1 aliphatic heterocycles. The zero-order chi connectivity index (χ0) is 16.5. The molecule has 0 atom stereocenters. The Bertz CT molecular complexity index is 914. The van der Waals surface area contributed by atoms with Crippen LogP contribution in [0.25, 0.3) is 21.3 Å². The zero-order valence-electron chi connectivity index (χ0n) is 13.0. The summed E-state index contributed by atoms with van der Waals surface area (Å²) in [4.78, 5) is 22.2. The molecule has 0 amide bonds. The van der Waals surface area contributed by atoms with E-state index in [1.54, 1.807) is 12.1 Å². The molecule has 1 saturated heterocycles. The molecule has 0 spiro atoms. The number of benzene rings is 1. The number of aromatic amines is 1. The van der Waals surface area contributed by atoms with Crippen LogP contribution in [0.15, 0.2) is 34.4 Å². The molecule has 2 aromatic heterocycles. The standard InChI is InChI=1S/C17H16FN3O2S/c18-12-3-1-11(2-4-12)13-10-24-17-15(13)16(22)19-14(20-17)9-21-5-7-23-8-6-21/h1-4,10H,5-9H2,(H,19,20,22)/p+1. The van der Waals surface area contributed by atoms with Gasteiger partial charge in [0.2, 0.25) is 0 Å². The van der Waals surface area contributed by atoms with Gasteiger partial charge in [0, 0.05) is 10.9 Å². The van der Waals surface area contributed by atoms with Crippen LogP contribution in [0.3, 0.4) is 0 Å². The van der Waals surface area contributed by atoms with Crippen molar-refractivity contribution in [1.29, 1.82) is 0 Å². The first-order chi connectivity index (χ1) is 11.7. The number of nitrogens with one attached hydrogen (secondary N) is 2. The predicted molar refractivity (Wildman–Crippen MR) is 90.9 cm³/mol. The quantitative estimate of drug-likeness (QED) is 0.749. The minimum atomic E-state index is -0.291. The smallest absolute Gasteiger partial charge is 0.260 e. The third kappa shape index (κ3) is 2.98. The number of H-pyrrole nitrogens is 1. The summed E-state index contributed by atoms with van der Waals surface area (Å²) in [6, 6.07) is 6.16. The first-order valence-electron chi connectivity index (χ1n) is 7.88. The monoisotopic (exact) mass is 346 g/mol. The van der Waals surface area contributed by atoms with E-state index >= 15 is 0 Å². The number of halogens is 1. The Kier molecular flexibility index (Phi) is 4.13. The van der Waals surface area contributed by atoms with Crippen LogP contribution in [-0.4, -0.2) is 36.3 Å². The average molecular weight is 346 g/mol. The molecule has 2 N–H and O–H groups in total. The molecule has 24 heavy (non-hydrogen) atoms. The van der Waals surface area contributed by atoms with Gasteiger partial charge in [-0.15, -0.1) is 11.3 Å². The first-order valence-corrected chi connectivity index (χ1v) is 8.76. The van der Waals surface area contributed by atoms with E-state index in [0.29, 0.717) is 17.8 Å². The van der Waals surface area contributed by atoms with Gasteiger partial charge in [-0.25, -0.2) is 9.37 Å². The molecule has 0 saturated carbocycles. The summed E-state index contributed by atoms with van der Waals surface area (Å²) >= 11 is 1.44. The molecule has 5 nitrogen and oxygen atoms in total. The fourth-order valence-corrected chi connectivity index (χ4v) is 3.96. The van der Waals surface area contributed by atoms with Gasteiger partial charge in [0.1, 0.15) is 30.3 Å². The number of ether oxygens (including phenoxy) is 1. The Morgan fingerprint density at radius 1 is 1.25 bits per heavy atom. The van der Waals surface area contributed by atoms with E-state index in [2.05, 4.69) is 9.97 Å². The molecule has 3 heterocycles. The van der Waals surface area contributed by atoms with E-state index < -0.39 is 0 Å². The lowest BCUT2D eigenvalue weighted by molar-refractivity contribution is -0.922. The van der Waals surface area contributed by atoms with Crippen LogP contribution in [-0.2, 0) is 11.3 Å². The van der Waals surface area contributed by atoms with Crippen molar-refractivity contribution in [3.05, 3.63) is 51.6 Å². The van der Waals surface area contributed by atoms with Gasteiger partial charge in [0.25, 0.3) is 5.56 Å². The topological polar surface area (TPSA) is 59.4 Å². The number of fused-ring (bicyclic) bond motifs is 1. The van der Waals surface area contributed by atoms with E-state index in [-0.39, 0.29) is 11.4 Å². The largest absolute Gasteiger partial charge is 0.370 e. The first kappa shape index (κ1) is 15.4. The van der Waals surface area contributed by atoms with Crippen molar-refractivity contribution in [1.82, 2.24) is 9.97 Å². The van der Waals surface area contributed by atoms with Gasteiger partial charge in [-0.3, -0.25) is 4.79 Å². The second-order valence-electron chi connectivity index (χ2n) is 5.89. The fraction of sp³-hybridized carbons (Fsp3) is 0.294. The van der Waals surface area contributed by atoms with Gasteiger partial charge in [0.05, 0.1) is 18.6 Å². The number of thiophene rings is 1. The highest BCUT2D eigenvalue weighted by Gasteiger charge is 2.18. The van der Waals surface area contributed by atoms with E-state index in [4.69, 9.17) is 4.74 Å². The van der Waals surface area contributed by atoms with Crippen molar-refractivity contribution in [2.45, 2.75) is 6.54 Å². The number of aromatic nitrogens is 2. The molecule has 1 aromatic carbocycles. The van der Waals surface area contributed by atoms with E-state index in [1.807, 2.05) is 5.38 Å². The lowest BCUT2D eigenvalue weighted by Crippen LogP contribution is -3.12. The lowest BCUT2D eigenvalue weighted by atomic mass is 10.1. The molecule has 4 rings (SSSR count). The van der Waals surface area contributed by atoms with Crippen LogP contribution in [0.1, 0.15) is 5.82 Å². The van der Waals surface area contributed by atoms with Crippen molar-refractivity contribution in [3.63, 3.8) is 0 Å². The molecular weight excluding hydrogens is 329 g/mol. The zero-order valence-corrected chi connectivity index (χ0v) is 13.8. The van der Waals surface area contributed by atoms with Crippen molar-refractivity contribution >= 4 is 21.6 Å². The molecular formula is C17H17FN3O2S+. The molecule has 7 heteroatoms. The second kappa shape index (κ2) is 6.43. The fourth-order valence-electron chi connectivity index (χ4n) is 2.99. The van der Waals surface area contributed by atoms with Gasteiger partial charge < -0.3 is 14.6 Å². The van der Waals surface area contributed by atoms with E-state index in [0.717, 1.165) is 42.3 Å². The van der Waals surface area contributed by atoms with Gasteiger partial charge in [-0.1, -0.05) is 12.1 Å². The Labute approximate surface area is 141 Å². The number of morpholine rings is 1. The molecule has 3 aromatic rings. The number of hydrogen-bond acceptors (Lipinski definition) is 4. The van der Waals surface area contributed by atoms with Gasteiger partial charge in [-0.05, 0) is 17.7 Å². The Morgan fingerprint density at radius 3 is 2.75 bits per heavy atom. The highest BCUT2D eigenvalue weighted by Crippen LogP contribution is 2.30. The highest BCUT2D eigenvalue weighted by atomic mass is 32.1. The molecule has 1 fully saturated rings. The third-order valence-corrected chi connectivity index (χ3v) is 5.14. The SMILES string of the molecule is O=c1[nH]c(C[NH+]2CCOCC2)nc2scc(-c3ccc(F)cc3)c12. The van der Waals surface area contributed by atoms with E-state index in [1.165, 1.54) is 28.4 Å². The van der Waals surface area contributed by atoms with Crippen LogP contribution < -0.4 is 10.5 Å². The molecule has 124 valence electrons. The summed E-state index contributed by atoms with van der Waals surface area (Å²) in [6.07, 6.45) is 0. The maximum atomic E-state index is 13.1. The van der Waals surface area contributed by atoms with Crippen molar-refractivity contribution in [2.75, 3.05) is 26.3 Å². The summed E-state index contributed by atoms with van der Waals surface area (Å²) < 4.78 is 18.5. The average Bonchev–Trinajstić information content (AvgIpc) is 3.01. The van der Waals surface area contributed by atoms with Crippen LogP contribution >= 0.6 is 11.3 Å². The third-order valence-electron chi connectivity index (χ3n) is 4.27.